The lowest BCUT2D eigenvalue weighted by Crippen LogP contribution is -2.63. The molecule has 1 aliphatic heterocycles. The normalized spacial score (nSPS) is 24.5. The molecule has 4 heteroatoms. The SMILES string of the molecule is CCC1CNC2(CCCC2)CN1c1cc(OC)ccc1Cl. The minimum absolute atomic E-state index is 0.290. The van der Waals surface area contributed by atoms with Gasteiger partial charge in [-0.25, -0.2) is 0 Å². The Kier molecular flexibility index (Phi) is 4.32. The molecule has 1 aliphatic carbocycles. The summed E-state index contributed by atoms with van der Waals surface area (Å²) in [4.78, 5) is 2.51. The van der Waals surface area contributed by atoms with E-state index in [0.29, 0.717) is 6.04 Å². The van der Waals surface area contributed by atoms with Crippen molar-refractivity contribution >= 4 is 17.3 Å². The summed E-state index contributed by atoms with van der Waals surface area (Å²) in [5.41, 5.74) is 1.41. The monoisotopic (exact) mass is 308 g/mol. The molecule has 1 spiro atoms. The average molecular weight is 309 g/mol. The summed E-state index contributed by atoms with van der Waals surface area (Å²) < 4.78 is 5.39. The maximum absolute atomic E-state index is 6.49. The van der Waals surface area contributed by atoms with Crippen molar-refractivity contribution in [2.45, 2.75) is 50.6 Å². The topological polar surface area (TPSA) is 24.5 Å². The van der Waals surface area contributed by atoms with E-state index in [1.54, 1.807) is 7.11 Å². The van der Waals surface area contributed by atoms with Gasteiger partial charge in [-0.1, -0.05) is 31.4 Å². The van der Waals surface area contributed by atoms with Crippen molar-refractivity contribution in [3.8, 4) is 5.75 Å². The second kappa shape index (κ2) is 6.05. The third kappa shape index (κ3) is 2.86. The lowest BCUT2D eigenvalue weighted by Gasteiger charge is -2.47. The largest absolute Gasteiger partial charge is 0.497 e. The summed E-state index contributed by atoms with van der Waals surface area (Å²) >= 11 is 6.49. The number of nitrogens with zero attached hydrogens (tertiary/aromatic N) is 1. The third-order valence-electron chi connectivity index (χ3n) is 5.12. The van der Waals surface area contributed by atoms with Crippen LogP contribution >= 0.6 is 11.6 Å². The van der Waals surface area contributed by atoms with Gasteiger partial charge in [0.05, 0.1) is 17.8 Å². The standard InChI is InChI=1S/C17H25ClN2O/c1-3-13-11-19-17(8-4-5-9-17)12-20(13)16-10-14(21-2)6-7-15(16)18/h6-7,10,13,19H,3-5,8-9,11-12H2,1-2H3. The maximum atomic E-state index is 6.49. The van der Waals surface area contributed by atoms with E-state index in [9.17, 15) is 0 Å². The van der Waals surface area contributed by atoms with Crippen molar-refractivity contribution in [1.29, 1.82) is 0 Å². The number of hydrogen-bond acceptors (Lipinski definition) is 3. The quantitative estimate of drug-likeness (QED) is 0.918. The molecule has 1 unspecified atom stereocenters. The molecule has 0 bridgehead atoms. The van der Waals surface area contributed by atoms with E-state index >= 15 is 0 Å². The zero-order chi connectivity index (χ0) is 14.9. The number of nitrogens with one attached hydrogen (secondary N) is 1. The Morgan fingerprint density at radius 3 is 2.81 bits per heavy atom. The Balaban J connectivity index is 1.92. The highest BCUT2D eigenvalue weighted by Gasteiger charge is 2.41. The summed E-state index contributed by atoms with van der Waals surface area (Å²) in [5, 5.41) is 4.65. The van der Waals surface area contributed by atoms with E-state index in [1.165, 1.54) is 25.7 Å². The summed E-state index contributed by atoms with van der Waals surface area (Å²) in [7, 11) is 1.71. The molecular weight excluding hydrogens is 284 g/mol. The molecule has 1 aromatic carbocycles. The van der Waals surface area contributed by atoms with E-state index in [0.717, 1.165) is 36.0 Å². The molecule has 0 amide bonds. The Morgan fingerprint density at radius 2 is 2.14 bits per heavy atom. The molecule has 2 fully saturated rings. The number of halogens is 1. The van der Waals surface area contributed by atoms with Crippen LogP contribution in [0.2, 0.25) is 5.02 Å². The van der Waals surface area contributed by atoms with Gasteiger partial charge in [-0.2, -0.15) is 0 Å². The van der Waals surface area contributed by atoms with E-state index in [1.807, 2.05) is 12.1 Å². The number of ether oxygens (including phenoxy) is 1. The lowest BCUT2D eigenvalue weighted by molar-refractivity contribution is 0.267. The molecule has 1 saturated carbocycles. The predicted octanol–water partition coefficient (Wildman–Crippen LogP) is 3.85. The Bertz CT molecular complexity index is 500. The number of benzene rings is 1. The first-order valence-electron chi connectivity index (χ1n) is 8.03. The minimum atomic E-state index is 0.290. The summed E-state index contributed by atoms with van der Waals surface area (Å²) in [6.07, 6.45) is 6.35. The molecule has 21 heavy (non-hydrogen) atoms. The van der Waals surface area contributed by atoms with E-state index in [2.05, 4.69) is 23.2 Å². The highest BCUT2D eigenvalue weighted by atomic mass is 35.5. The van der Waals surface area contributed by atoms with Crippen molar-refractivity contribution in [2.24, 2.45) is 0 Å². The third-order valence-corrected chi connectivity index (χ3v) is 5.44. The van der Waals surface area contributed by atoms with Crippen LogP contribution in [0, 0.1) is 0 Å². The smallest absolute Gasteiger partial charge is 0.121 e. The first-order chi connectivity index (χ1) is 10.2. The number of anilines is 1. The van der Waals surface area contributed by atoms with Gasteiger partial charge in [0, 0.05) is 30.7 Å². The number of piperazine rings is 1. The zero-order valence-electron chi connectivity index (χ0n) is 13.0. The van der Waals surface area contributed by atoms with Gasteiger partial charge in [0.2, 0.25) is 0 Å². The zero-order valence-corrected chi connectivity index (χ0v) is 13.7. The number of methoxy groups -OCH3 is 1. The van der Waals surface area contributed by atoms with Crippen LogP contribution in [-0.4, -0.2) is 31.8 Å². The molecule has 3 rings (SSSR count). The summed E-state index contributed by atoms with van der Waals surface area (Å²) in [5.74, 6) is 0.878. The molecule has 0 aromatic heterocycles. The van der Waals surface area contributed by atoms with Gasteiger partial charge in [-0.15, -0.1) is 0 Å². The second-order valence-electron chi connectivity index (χ2n) is 6.38. The molecular formula is C17H25ClN2O. The van der Waals surface area contributed by atoms with Crippen molar-refractivity contribution < 1.29 is 4.74 Å². The van der Waals surface area contributed by atoms with Crippen molar-refractivity contribution in [3.63, 3.8) is 0 Å². The summed E-state index contributed by atoms with van der Waals surface area (Å²) in [6.45, 7) is 4.35. The Hall–Kier alpha value is -0.930. The Morgan fingerprint density at radius 1 is 1.38 bits per heavy atom. The first-order valence-corrected chi connectivity index (χ1v) is 8.40. The minimum Gasteiger partial charge on any atom is -0.497 e. The van der Waals surface area contributed by atoms with Gasteiger partial charge in [0.1, 0.15) is 5.75 Å². The number of hydrogen-bond donors (Lipinski definition) is 1. The lowest BCUT2D eigenvalue weighted by atomic mass is 9.91. The molecule has 1 N–H and O–H groups in total. The molecule has 1 aromatic rings. The fraction of sp³-hybridized carbons (Fsp3) is 0.647. The maximum Gasteiger partial charge on any atom is 0.121 e. The van der Waals surface area contributed by atoms with Crippen LogP contribution in [0.5, 0.6) is 5.75 Å². The molecule has 116 valence electrons. The van der Waals surface area contributed by atoms with Crippen LogP contribution in [0.3, 0.4) is 0 Å². The van der Waals surface area contributed by atoms with Crippen LogP contribution < -0.4 is 15.0 Å². The fourth-order valence-electron chi connectivity index (χ4n) is 3.83. The molecule has 3 nitrogen and oxygen atoms in total. The van der Waals surface area contributed by atoms with Crippen LogP contribution in [0.25, 0.3) is 0 Å². The van der Waals surface area contributed by atoms with Gasteiger partial charge in [-0.3, -0.25) is 0 Å². The van der Waals surface area contributed by atoms with Crippen LogP contribution in [0.15, 0.2) is 18.2 Å². The highest BCUT2D eigenvalue weighted by molar-refractivity contribution is 6.33. The van der Waals surface area contributed by atoms with E-state index in [-0.39, 0.29) is 5.54 Å². The van der Waals surface area contributed by atoms with Crippen molar-refractivity contribution in [1.82, 2.24) is 5.32 Å². The average Bonchev–Trinajstić information content (AvgIpc) is 2.96. The summed E-state index contributed by atoms with van der Waals surface area (Å²) in [6, 6.07) is 6.46. The van der Waals surface area contributed by atoms with Gasteiger partial charge < -0.3 is 15.0 Å². The Labute approximate surface area is 132 Å². The molecule has 0 radical (unpaired) electrons. The molecule has 2 aliphatic rings. The van der Waals surface area contributed by atoms with Gasteiger partial charge >= 0.3 is 0 Å². The highest BCUT2D eigenvalue weighted by Crippen LogP contribution is 2.38. The van der Waals surface area contributed by atoms with Crippen LogP contribution in [0.4, 0.5) is 5.69 Å². The first kappa shape index (κ1) is 15.0. The molecule has 1 saturated heterocycles. The molecule has 1 atom stereocenters. The van der Waals surface area contributed by atoms with Crippen molar-refractivity contribution in [2.75, 3.05) is 25.1 Å². The van der Waals surface area contributed by atoms with Crippen LogP contribution in [-0.2, 0) is 0 Å². The van der Waals surface area contributed by atoms with Gasteiger partial charge in [-0.05, 0) is 31.4 Å². The second-order valence-corrected chi connectivity index (χ2v) is 6.78. The van der Waals surface area contributed by atoms with Gasteiger partial charge in [0.15, 0.2) is 0 Å². The van der Waals surface area contributed by atoms with E-state index < -0.39 is 0 Å². The van der Waals surface area contributed by atoms with E-state index in [4.69, 9.17) is 16.3 Å². The van der Waals surface area contributed by atoms with Crippen molar-refractivity contribution in [3.05, 3.63) is 23.2 Å². The van der Waals surface area contributed by atoms with Gasteiger partial charge in [0.25, 0.3) is 0 Å². The van der Waals surface area contributed by atoms with Crippen LogP contribution in [0.1, 0.15) is 39.0 Å². The number of rotatable bonds is 3. The molecule has 1 heterocycles. The fourth-order valence-corrected chi connectivity index (χ4v) is 4.05. The predicted molar refractivity (Wildman–Crippen MR) is 88.6 cm³/mol.